The van der Waals surface area contributed by atoms with Gasteiger partial charge in [-0.15, -0.1) is 0 Å². The molecule has 0 radical (unpaired) electrons. The molecule has 3 amide bonds. The van der Waals surface area contributed by atoms with Gasteiger partial charge in [0, 0.05) is 18.3 Å². The molecule has 5 N–H and O–H groups in total. The first-order valence-electron chi connectivity index (χ1n) is 6.07. The van der Waals surface area contributed by atoms with Gasteiger partial charge in [-0.2, -0.15) is 0 Å². The summed E-state index contributed by atoms with van der Waals surface area (Å²) in [5.74, 6) is -0.176. The van der Waals surface area contributed by atoms with Crippen molar-refractivity contribution in [3.63, 3.8) is 0 Å². The average molecular weight is 281 g/mol. The maximum Gasteiger partial charge on any atom is 0.319 e. The zero-order valence-corrected chi connectivity index (χ0v) is 11.4. The summed E-state index contributed by atoms with van der Waals surface area (Å²) in [6.07, 6.45) is 0. The molecule has 0 heterocycles. The van der Waals surface area contributed by atoms with E-state index in [1.165, 1.54) is 13.8 Å². The van der Waals surface area contributed by atoms with E-state index in [0.717, 1.165) is 0 Å². The predicted octanol–water partition coefficient (Wildman–Crippen LogP) is 0.510. The smallest absolute Gasteiger partial charge is 0.319 e. The largest absolute Gasteiger partial charge is 0.394 e. The Labute approximate surface area is 117 Å². The monoisotopic (exact) mass is 281 g/mol. The number of carbonyl (C=O) groups is 2. The van der Waals surface area contributed by atoms with Crippen LogP contribution in [0.3, 0.4) is 0 Å². The molecule has 0 atom stereocenters. The van der Waals surface area contributed by atoms with Crippen LogP contribution in [0.4, 0.5) is 16.2 Å². The van der Waals surface area contributed by atoms with E-state index in [2.05, 4.69) is 16.0 Å². The van der Waals surface area contributed by atoms with Gasteiger partial charge in [-0.3, -0.25) is 4.79 Å². The lowest BCUT2D eigenvalue weighted by molar-refractivity contribution is -0.114. The Kier molecular flexibility index (Phi) is 5.48. The maximum atomic E-state index is 11.7. The third-order valence-electron chi connectivity index (χ3n) is 2.58. The molecule has 0 fully saturated rings. The molecule has 0 spiro atoms. The molecule has 1 rings (SSSR count). The molecule has 20 heavy (non-hydrogen) atoms. The van der Waals surface area contributed by atoms with Crippen LogP contribution in [-0.4, -0.2) is 40.9 Å². The number of aliphatic hydroxyl groups excluding tert-OH is 2. The van der Waals surface area contributed by atoms with Crippen molar-refractivity contribution in [1.29, 1.82) is 0 Å². The summed E-state index contributed by atoms with van der Waals surface area (Å²) in [7, 11) is 0. The summed E-state index contributed by atoms with van der Waals surface area (Å²) in [6, 6.07) is 6.01. The second kappa shape index (κ2) is 6.88. The van der Waals surface area contributed by atoms with E-state index in [0.29, 0.717) is 11.4 Å². The predicted molar refractivity (Wildman–Crippen MR) is 75.5 cm³/mol. The van der Waals surface area contributed by atoms with E-state index in [4.69, 9.17) is 10.2 Å². The maximum absolute atomic E-state index is 11.7. The molecular weight excluding hydrogens is 262 g/mol. The SMILES string of the molecule is CC(=O)Nc1ccc(NC(=O)NC(C)(CO)CO)cc1. The summed E-state index contributed by atoms with van der Waals surface area (Å²) < 4.78 is 0. The molecule has 110 valence electrons. The van der Waals surface area contributed by atoms with E-state index < -0.39 is 11.6 Å². The minimum Gasteiger partial charge on any atom is -0.394 e. The molecular formula is C13H19N3O4. The summed E-state index contributed by atoms with van der Waals surface area (Å²) in [4.78, 5) is 22.6. The van der Waals surface area contributed by atoms with Crippen molar-refractivity contribution in [2.45, 2.75) is 19.4 Å². The van der Waals surface area contributed by atoms with Gasteiger partial charge in [-0.25, -0.2) is 4.79 Å². The molecule has 0 unspecified atom stereocenters. The Balaban J connectivity index is 2.60. The van der Waals surface area contributed by atoms with Gasteiger partial charge in [-0.1, -0.05) is 0 Å². The Hall–Kier alpha value is -2.12. The van der Waals surface area contributed by atoms with Gasteiger partial charge >= 0.3 is 6.03 Å². The second-order valence-corrected chi connectivity index (χ2v) is 4.71. The van der Waals surface area contributed by atoms with Gasteiger partial charge in [0.05, 0.1) is 18.8 Å². The number of nitrogens with one attached hydrogen (secondary N) is 3. The van der Waals surface area contributed by atoms with Crippen molar-refractivity contribution in [2.75, 3.05) is 23.8 Å². The molecule has 0 aliphatic carbocycles. The third-order valence-corrected chi connectivity index (χ3v) is 2.58. The van der Waals surface area contributed by atoms with Crippen LogP contribution in [0.15, 0.2) is 24.3 Å². The molecule has 1 aromatic rings. The first kappa shape index (κ1) is 15.9. The summed E-state index contributed by atoms with van der Waals surface area (Å²) in [6.45, 7) is 2.17. The van der Waals surface area contributed by atoms with Crippen molar-refractivity contribution in [1.82, 2.24) is 5.32 Å². The second-order valence-electron chi connectivity index (χ2n) is 4.71. The quantitative estimate of drug-likeness (QED) is 0.541. The average Bonchev–Trinajstić information content (AvgIpc) is 2.40. The minimum absolute atomic E-state index is 0.176. The molecule has 0 aliphatic heterocycles. The zero-order valence-electron chi connectivity index (χ0n) is 11.4. The number of rotatable bonds is 5. The van der Waals surface area contributed by atoms with E-state index in [9.17, 15) is 9.59 Å². The number of benzene rings is 1. The van der Waals surface area contributed by atoms with Crippen LogP contribution in [0.1, 0.15) is 13.8 Å². The van der Waals surface area contributed by atoms with Crippen LogP contribution >= 0.6 is 0 Å². The zero-order chi connectivity index (χ0) is 15.2. The standard InChI is InChI=1S/C13H19N3O4/c1-9(19)14-10-3-5-11(6-4-10)15-12(20)16-13(2,7-17)8-18/h3-6,17-18H,7-8H2,1-2H3,(H,14,19)(H2,15,16,20). The molecule has 1 aromatic carbocycles. The van der Waals surface area contributed by atoms with Crippen molar-refractivity contribution in [3.8, 4) is 0 Å². The number of anilines is 2. The van der Waals surface area contributed by atoms with Crippen LogP contribution in [0.2, 0.25) is 0 Å². The number of hydrogen-bond acceptors (Lipinski definition) is 4. The minimum atomic E-state index is -1.08. The lowest BCUT2D eigenvalue weighted by Gasteiger charge is -2.26. The van der Waals surface area contributed by atoms with E-state index in [1.807, 2.05) is 0 Å². The fraction of sp³-hybridized carbons (Fsp3) is 0.385. The number of carbonyl (C=O) groups excluding carboxylic acids is 2. The van der Waals surface area contributed by atoms with Crippen molar-refractivity contribution < 1.29 is 19.8 Å². The molecule has 0 aliphatic rings. The topological polar surface area (TPSA) is 111 Å². The Bertz CT molecular complexity index is 469. The normalized spacial score (nSPS) is 10.8. The fourth-order valence-electron chi connectivity index (χ4n) is 1.41. The fourth-order valence-corrected chi connectivity index (χ4v) is 1.41. The molecule has 7 nitrogen and oxygen atoms in total. The van der Waals surface area contributed by atoms with Crippen LogP contribution in [-0.2, 0) is 4.79 Å². The highest BCUT2D eigenvalue weighted by Gasteiger charge is 2.24. The van der Waals surface area contributed by atoms with Crippen molar-refractivity contribution in [3.05, 3.63) is 24.3 Å². The van der Waals surface area contributed by atoms with Gasteiger partial charge in [0.1, 0.15) is 0 Å². The van der Waals surface area contributed by atoms with E-state index in [-0.39, 0.29) is 19.1 Å². The summed E-state index contributed by atoms with van der Waals surface area (Å²) in [5, 5.41) is 25.8. The summed E-state index contributed by atoms with van der Waals surface area (Å²) in [5.41, 5.74) is 0.0640. The highest BCUT2D eigenvalue weighted by atomic mass is 16.3. The number of urea groups is 1. The summed E-state index contributed by atoms with van der Waals surface area (Å²) >= 11 is 0. The lowest BCUT2D eigenvalue weighted by Crippen LogP contribution is -2.53. The van der Waals surface area contributed by atoms with Gasteiger partial charge in [0.2, 0.25) is 5.91 Å². The number of amides is 3. The molecule has 7 heteroatoms. The Morgan fingerprint density at radius 2 is 1.50 bits per heavy atom. The van der Waals surface area contributed by atoms with Crippen LogP contribution in [0, 0.1) is 0 Å². The van der Waals surface area contributed by atoms with Gasteiger partial charge in [0.15, 0.2) is 0 Å². The van der Waals surface area contributed by atoms with Crippen molar-refractivity contribution >= 4 is 23.3 Å². The first-order valence-corrected chi connectivity index (χ1v) is 6.07. The lowest BCUT2D eigenvalue weighted by atomic mass is 10.1. The van der Waals surface area contributed by atoms with Gasteiger partial charge < -0.3 is 26.2 Å². The molecule has 0 saturated carbocycles. The molecule has 0 saturated heterocycles. The van der Waals surface area contributed by atoms with E-state index in [1.54, 1.807) is 24.3 Å². The number of hydrogen-bond donors (Lipinski definition) is 5. The van der Waals surface area contributed by atoms with Gasteiger partial charge in [0.25, 0.3) is 0 Å². The van der Waals surface area contributed by atoms with Crippen LogP contribution in [0.25, 0.3) is 0 Å². The van der Waals surface area contributed by atoms with Crippen molar-refractivity contribution in [2.24, 2.45) is 0 Å². The van der Waals surface area contributed by atoms with Crippen LogP contribution < -0.4 is 16.0 Å². The highest BCUT2D eigenvalue weighted by molar-refractivity contribution is 5.91. The van der Waals surface area contributed by atoms with E-state index >= 15 is 0 Å². The highest BCUT2D eigenvalue weighted by Crippen LogP contribution is 2.13. The first-order chi connectivity index (χ1) is 9.38. The van der Waals surface area contributed by atoms with Gasteiger partial charge in [-0.05, 0) is 31.2 Å². The van der Waals surface area contributed by atoms with Crippen LogP contribution in [0.5, 0.6) is 0 Å². The Morgan fingerprint density at radius 1 is 1.05 bits per heavy atom. The Morgan fingerprint density at radius 3 is 1.90 bits per heavy atom. The molecule has 0 bridgehead atoms. The number of aliphatic hydroxyl groups is 2. The molecule has 0 aromatic heterocycles. The third kappa shape index (κ3) is 4.87.